The van der Waals surface area contributed by atoms with Crippen LogP contribution in [0.2, 0.25) is 0 Å². The van der Waals surface area contributed by atoms with E-state index in [-0.39, 0.29) is 6.04 Å². The summed E-state index contributed by atoms with van der Waals surface area (Å²) in [6.45, 7) is 5.38. The van der Waals surface area contributed by atoms with Gasteiger partial charge >= 0.3 is 0 Å². The van der Waals surface area contributed by atoms with Gasteiger partial charge in [-0.15, -0.1) is 0 Å². The maximum atomic E-state index is 6.04. The quantitative estimate of drug-likeness (QED) is 0.774. The van der Waals surface area contributed by atoms with Gasteiger partial charge in [-0.3, -0.25) is 0 Å². The molecule has 15 heavy (non-hydrogen) atoms. The first-order valence-electron chi connectivity index (χ1n) is 5.61. The monoisotopic (exact) mass is 227 g/mol. The largest absolute Gasteiger partial charge is 0.335 e. The molecule has 0 aromatic carbocycles. The van der Waals surface area contributed by atoms with Crippen molar-refractivity contribution in [2.45, 2.75) is 39.3 Å². The molecule has 0 fully saturated rings. The summed E-state index contributed by atoms with van der Waals surface area (Å²) >= 11 is 1.90. The van der Waals surface area contributed by atoms with E-state index >= 15 is 0 Å². The van der Waals surface area contributed by atoms with Gasteiger partial charge in [-0.2, -0.15) is 11.8 Å². The van der Waals surface area contributed by atoms with Gasteiger partial charge in [0.1, 0.15) is 5.82 Å². The van der Waals surface area contributed by atoms with Crippen molar-refractivity contribution < 1.29 is 0 Å². The minimum atomic E-state index is 0.230. The third kappa shape index (κ3) is 4.26. The molecule has 0 spiro atoms. The molecule has 0 radical (unpaired) electrons. The van der Waals surface area contributed by atoms with E-state index in [2.05, 4.69) is 23.4 Å². The first-order valence-corrected chi connectivity index (χ1v) is 6.76. The fourth-order valence-electron chi connectivity index (χ4n) is 1.54. The van der Waals surface area contributed by atoms with Gasteiger partial charge in [0.2, 0.25) is 0 Å². The van der Waals surface area contributed by atoms with Crippen molar-refractivity contribution in [3.05, 3.63) is 18.2 Å². The van der Waals surface area contributed by atoms with E-state index in [4.69, 9.17) is 5.73 Å². The number of thioether (sulfide) groups is 1. The highest BCUT2D eigenvalue weighted by molar-refractivity contribution is 7.99. The van der Waals surface area contributed by atoms with Crippen LogP contribution in [0.25, 0.3) is 0 Å². The van der Waals surface area contributed by atoms with Crippen LogP contribution in [0.4, 0.5) is 0 Å². The average Bonchev–Trinajstić information content (AvgIpc) is 2.63. The zero-order chi connectivity index (χ0) is 11.1. The first kappa shape index (κ1) is 12.6. The number of rotatable bonds is 7. The van der Waals surface area contributed by atoms with E-state index in [1.54, 1.807) is 0 Å². The van der Waals surface area contributed by atoms with Crippen molar-refractivity contribution in [1.29, 1.82) is 0 Å². The second-order valence-corrected chi connectivity index (χ2v) is 4.98. The molecule has 1 rings (SSSR count). The fraction of sp³-hybridized carbons (Fsp3) is 0.727. The molecule has 0 aliphatic heterocycles. The van der Waals surface area contributed by atoms with Gasteiger partial charge in [0.25, 0.3) is 0 Å². The Balaban J connectivity index is 2.44. The average molecular weight is 227 g/mol. The van der Waals surface area contributed by atoms with Gasteiger partial charge in [-0.25, -0.2) is 4.98 Å². The van der Waals surface area contributed by atoms with Crippen molar-refractivity contribution in [3.8, 4) is 0 Å². The number of hydrogen-bond donors (Lipinski definition) is 1. The molecule has 1 heterocycles. The van der Waals surface area contributed by atoms with Gasteiger partial charge in [-0.05, 0) is 12.2 Å². The second-order valence-electron chi connectivity index (χ2n) is 3.66. The molecule has 3 nitrogen and oxygen atoms in total. The zero-order valence-electron chi connectivity index (χ0n) is 9.65. The molecule has 0 aliphatic rings. The van der Waals surface area contributed by atoms with Gasteiger partial charge < -0.3 is 10.3 Å². The molecular formula is C11H21N3S. The molecule has 0 amide bonds. The van der Waals surface area contributed by atoms with Crippen molar-refractivity contribution in [1.82, 2.24) is 9.55 Å². The van der Waals surface area contributed by atoms with Gasteiger partial charge in [0.05, 0.1) is 0 Å². The number of imidazole rings is 1. The molecule has 1 atom stereocenters. The third-order valence-corrected chi connectivity index (χ3v) is 3.32. The van der Waals surface area contributed by atoms with Crippen LogP contribution >= 0.6 is 11.8 Å². The van der Waals surface area contributed by atoms with Crippen molar-refractivity contribution in [2.24, 2.45) is 5.73 Å². The molecule has 1 unspecified atom stereocenters. The van der Waals surface area contributed by atoms with Gasteiger partial charge in [0, 0.05) is 37.2 Å². The first-order chi connectivity index (χ1) is 7.27. The number of nitrogens with zero attached hydrogens (tertiary/aromatic N) is 2. The fourth-order valence-corrected chi connectivity index (χ4v) is 2.19. The number of aryl methyl sites for hydroxylation is 1. The Morgan fingerprint density at radius 3 is 3.00 bits per heavy atom. The summed E-state index contributed by atoms with van der Waals surface area (Å²) in [5.41, 5.74) is 6.04. The molecule has 0 aliphatic carbocycles. The van der Waals surface area contributed by atoms with Crippen LogP contribution in [0.15, 0.2) is 12.4 Å². The van der Waals surface area contributed by atoms with E-state index in [0.29, 0.717) is 0 Å². The smallest absolute Gasteiger partial charge is 0.110 e. The molecule has 1 aromatic heterocycles. The lowest BCUT2D eigenvalue weighted by atomic mass is 10.2. The zero-order valence-corrected chi connectivity index (χ0v) is 10.5. The molecule has 4 heteroatoms. The van der Waals surface area contributed by atoms with Crippen LogP contribution in [-0.4, -0.2) is 27.1 Å². The Bertz CT molecular complexity index is 273. The lowest BCUT2D eigenvalue weighted by molar-refractivity contribution is 0.607. The topological polar surface area (TPSA) is 43.8 Å². The molecule has 0 saturated heterocycles. The molecule has 0 bridgehead atoms. The van der Waals surface area contributed by atoms with Crippen LogP contribution in [0.3, 0.4) is 0 Å². The highest BCUT2D eigenvalue weighted by Gasteiger charge is 2.08. The van der Waals surface area contributed by atoms with E-state index in [1.807, 2.05) is 24.2 Å². The predicted molar refractivity (Wildman–Crippen MR) is 67.2 cm³/mol. The molecule has 2 N–H and O–H groups in total. The van der Waals surface area contributed by atoms with E-state index in [9.17, 15) is 0 Å². The maximum Gasteiger partial charge on any atom is 0.110 e. The predicted octanol–water partition coefficient (Wildman–Crippen LogP) is 1.92. The molecular weight excluding hydrogens is 206 g/mol. The van der Waals surface area contributed by atoms with Crippen molar-refractivity contribution in [3.63, 3.8) is 0 Å². The summed E-state index contributed by atoms with van der Waals surface area (Å²) < 4.78 is 2.20. The summed E-state index contributed by atoms with van der Waals surface area (Å²) in [5.74, 6) is 3.29. The van der Waals surface area contributed by atoms with Crippen LogP contribution < -0.4 is 5.73 Å². The summed E-state index contributed by atoms with van der Waals surface area (Å²) in [5, 5.41) is 0. The number of hydrogen-bond acceptors (Lipinski definition) is 3. The Labute approximate surface area is 96.5 Å². The maximum absolute atomic E-state index is 6.04. The van der Waals surface area contributed by atoms with E-state index < -0.39 is 0 Å². The molecule has 0 saturated carbocycles. The third-order valence-electron chi connectivity index (χ3n) is 2.25. The van der Waals surface area contributed by atoms with Crippen molar-refractivity contribution >= 4 is 11.8 Å². The standard InChI is InChI=1S/C11H21N3S/c1-3-6-14-7-5-13-11(14)8-10(12)9-15-4-2/h5,7,10H,3-4,6,8-9,12H2,1-2H3. The Hall–Kier alpha value is -0.480. The van der Waals surface area contributed by atoms with Gasteiger partial charge in [-0.1, -0.05) is 13.8 Å². The number of nitrogens with two attached hydrogens (primary N) is 1. The minimum Gasteiger partial charge on any atom is -0.335 e. The van der Waals surface area contributed by atoms with E-state index in [0.717, 1.165) is 36.7 Å². The highest BCUT2D eigenvalue weighted by atomic mass is 32.2. The van der Waals surface area contributed by atoms with Crippen molar-refractivity contribution in [2.75, 3.05) is 11.5 Å². The van der Waals surface area contributed by atoms with Crippen LogP contribution in [-0.2, 0) is 13.0 Å². The summed E-state index contributed by atoms with van der Waals surface area (Å²) in [4.78, 5) is 4.36. The van der Waals surface area contributed by atoms with Gasteiger partial charge in [0.15, 0.2) is 0 Å². The van der Waals surface area contributed by atoms with Crippen LogP contribution in [0.5, 0.6) is 0 Å². The lowest BCUT2D eigenvalue weighted by Crippen LogP contribution is -2.27. The summed E-state index contributed by atoms with van der Waals surface area (Å²) in [6, 6.07) is 0.230. The van der Waals surface area contributed by atoms with Crippen LogP contribution in [0, 0.1) is 0 Å². The summed E-state index contributed by atoms with van der Waals surface area (Å²) in [6.07, 6.45) is 5.94. The van der Waals surface area contributed by atoms with E-state index in [1.165, 1.54) is 0 Å². The Kier molecular flexibility index (Phi) is 5.79. The Morgan fingerprint density at radius 2 is 2.33 bits per heavy atom. The normalized spacial score (nSPS) is 13.0. The minimum absolute atomic E-state index is 0.230. The van der Waals surface area contributed by atoms with Crippen LogP contribution in [0.1, 0.15) is 26.1 Å². The Morgan fingerprint density at radius 1 is 1.53 bits per heavy atom. The lowest BCUT2D eigenvalue weighted by Gasteiger charge is -2.11. The highest BCUT2D eigenvalue weighted by Crippen LogP contribution is 2.06. The summed E-state index contributed by atoms with van der Waals surface area (Å²) in [7, 11) is 0. The SMILES string of the molecule is CCCn1ccnc1CC(N)CSCC. The molecule has 1 aromatic rings. The number of aromatic nitrogens is 2. The second kappa shape index (κ2) is 6.90. The molecule has 86 valence electrons.